The van der Waals surface area contributed by atoms with Crippen molar-refractivity contribution >= 4 is 5.97 Å². The summed E-state index contributed by atoms with van der Waals surface area (Å²) in [6.07, 6.45) is 1.94. The van der Waals surface area contributed by atoms with E-state index in [2.05, 4.69) is 18.9 Å². The maximum atomic E-state index is 9.25. The molecule has 4 nitrogen and oxygen atoms in total. The molecule has 60 valence electrons. The Kier molecular flexibility index (Phi) is 13.1. The van der Waals surface area contributed by atoms with Crippen molar-refractivity contribution in [3.63, 3.8) is 0 Å². The summed E-state index contributed by atoms with van der Waals surface area (Å²) >= 11 is 0. The lowest BCUT2D eigenvalue weighted by Gasteiger charge is -1.85. The molecule has 0 heterocycles. The molecule has 0 saturated heterocycles. The van der Waals surface area contributed by atoms with E-state index in [1.165, 1.54) is 0 Å². The summed E-state index contributed by atoms with van der Waals surface area (Å²) < 4.78 is 0. The van der Waals surface area contributed by atoms with E-state index in [4.69, 9.17) is 10.9 Å². The Balaban J connectivity index is 0. The van der Waals surface area contributed by atoms with Crippen LogP contribution in [0.3, 0.4) is 0 Å². The quantitative estimate of drug-likeness (QED) is 0.300. The average Bonchev–Trinajstić information content (AvgIpc) is 1.91. The second kappa shape index (κ2) is 11.0. The van der Waals surface area contributed by atoms with Crippen LogP contribution in [0.15, 0.2) is 12.7 Å². The number of nitrogens with two attached hydrogens (primary N) is 1. The van der Waals surface area contributed by atoms with E-state index in [0.717, 1.165) is 19.0 Å². The molecule has 0 fully saturated rings. The van der Waals surface area contributed by atoms with Crippen LogP contribution in [-0.4, -0.2) is 17.6 Å². The van der Waals surface area contributed by atoms with Crippen molar-refractivity contribution in [1.29, 1.82) is 0 Å². The molecular weight excluding hydrogens is 132 g/mol. The van der Waals surface area contributed by atoms with Crippen LogP contribution in [0.1, 0.15) is 13.3 Å². The highest BCUT2D eigenvalue weighted by molar-refractivity contribution is 5.78. The fourth-order valence-electron chi connectivity index (χ4n) is 0.144. The minimum absolute atomic E-state index is 0.833. The predicted octanol–water partition coefficient (Wildman–Crippen LogP) is 0.117. The molecule has 0 rings (SSSR count). The average molecular weight is 146 g/mol. The summed E-state index contributed by atoms with van der Waals surface area (Å²) in [5.41, 5.74) is 2.52. The van der Waals surface area contributed by atoms with Gasteiger partial charge in [0.25, 0.3) is 0 Å². The van der Waals surface area contributed by atoms with E-state index in [9.17, 15) is 4.79 Å². The van der Waals surface area contributed by atoms with Gasteiger partial charge >= 0.3 is 5.97 Å². The number of hydrazine groups is 1. The second-order valence-corrected chi connectivity index (χ2v) is 1.50. The highest BCUT2D eigenvalue weighted by Crippen LogP contribution is 1.61. The highest BCUT2D eigenvalue weighted by Gasteiger charge is 1.73. The first kappa shape index (κ1) is 11.9. The summed E-state index contributed by atoms with van der Waals surface area (Å²) in [5, 5.41) is 7.60. The molecule has 0 unspecified atom stereocenters. The number of nitrogens with one attached hydrogen (secondary N) is 1. The monoisotopic (exact) mass is 146 g/mol. The van der Waals surface area contributed by atoms with E-state index in [-0.39, 0.29) is 0 Å². The maximum Gasteiger partial charge on any atom is 0.327 e. The van der Waals surface area contributed by atoms with Crippen molar-refractivity contribution in [1.82, 2.24) is 5.43 Å². The van der Waals surface area contributed by atoms with Gasteiger partial charge in [0, 0.05) is 12.6 Å². The second-order valence-electron chi connectivity index (χ2n) is 1.50. The SMILES string of the molecule is C=CC(=O)O.CCCNN. The molecule has 0 radical (unpaired) electrons. The van der Waals surface area contributed by atoms with Crippen molar-refractivity contribution < 1.29 is 9.90 Å². The first-order chi connectivity index (χ1) is 4.68. The Morgan fingerprint density at radius 1 is 1.90 bits per heavy atom. The lowest BCUT2D eigenvalue weighted by molar-refractivity contribution is -0.131. The summed E-state index contributed by atoms with van der Waals surface area (Å²) in [6, 6.07) is 0. The van der Waals surface area contributed by atoms with Gasteiger partial charge in [-0.2, -0.15) is 0 Å². The number of hydrogen-bond acceptors (Lipinski definition) is 3. The number of rotatable bonds is 3. The van der Waals surface area contributed by atoms with E-state index in [1.54, 1.807) is 0 Å². The van der Waals surface area contributed by atoms with Crippen LogP contribution in [-0.2, 0) is 4.79 Å². The Labute approximate surface area is 60.7 Å². The molecule has 4 heteroatoms. The lowest BCUT2D eigenvalue weighted by atomic mass is 10.5. The van der Waals surface area contributed by atoms with Gasteiger partial charge in [-0.15, -0.1) is 0 Å². The van der Waals surface area contributed by atoms with Gasteiger partial charge in [-0.3, -0.25) is 11.3 Å². The Morgan fingerprint density at radius 2 is 2.30 bits per heavy atom. The van der Waals surface area contributed by atoms with Gasteiger partial charge in [0.1, 0.15) is 0 Å². The number of aliphatic carboxylic acids is 1. The molecule has 4 N–H and O–H groups in total. The van der Waals surface area contributed by atoms with E-state index < -0.39 is 5.97 Å². The minimum atomic E-state index is -0.981. The van der Waals surface area contributed by atoms with Crippen molar-refractivity contribution in [2.24, 2.45) is 5.84 Å². The van der Waals surface area contributed by atoms with Crippen LogP contribution in [0.4, 0.5) is 0 Å². The van der Waals surface area contributed by atoms with Crippen molar-refractivity contribution in [2.45, 2.75) is 13.3 Å². The van der Waals surface area contributed by atoms with E-state index >= 15 is 0 Å². The molecule has 0 aliphatic carbocycles. The van der Waals surface area contributed by atoms with Gasteiger partial charge in [0.05, 0.1) is 0 Å². The zero-order valence-corrected chi connectivity index (χ0v) is 6.13. The largest absolute Gasteiger partial charge is 0.478 e. The van der Waals surface area contributed by atoms with Gasteiger partial charge in [-0.1, -0.05) is 13.5 Å². The molecule has 0 aromatic heterocycles. The maximum absolute atomic E-state index is 9.25. The first-order valence-corrected chi connectivity index (χ1v) is 2.97. The summed E-state index contributed by atoms with van der Waals surface area (Å²) in [7, 11) is 0. The molecule has 0 amide bonds. The topological polar surface area (TPSA) is 75.3 Å². The fraction of sp³-hybridized carbons (Fsp3) is 0.500. The molecule has 0 aliphatic rings. The molecule has 0 saturated carbocycles. The van der Waals surface area contributed by atoms with Gasteiger partial charge in [0.2, 0.25) is 0 Å². The highest BCUT2D eigenvalue weighted by atomic mass is 16.4. The predicted molar refractivity (Wildman–Crippen MR) is 40.3 cm³/mol. The van der Waals surface area contributed by atoms with E-state index in [0.29, 0.717) is 0 Å². The summed E-state index contributed by atoms with van der Waals surface area (Å²) in [5.74, 6) is 3.91. The van der Waals surface area contributed by atoms with Gasteiger partial charge in [-0.25, -0.2) is 4.79 Å². The van der Waals surface area contributed by atoms with Crippen molar-refractivity contribution in [3.8, 4) is 0 Å². The number of carboxylic acid groups (broad SMARTS) is 1. The Bertz CT molecular complexity index is 91.7. The normalized spacial score (nSPS) is 7.40. The third kappa shape index (κ3) is 27.3. The van der Waals surface area contributed by atoms with Gasteiger partial charge in [0.15, 0.2) is 0 Å². The Hall–Kier alpha value is -0.870. The van der Waals surface area contributed by atoms with Crippen LogP contribution in [0.5, 0.6) is 0 Å². The van der Waals surface area contributed by atoms with Crippen LogP contribution < -0.4 is 11.3 Å². The molecule has 0 aliphatic heterocycles. The van der Waals surface area contributed by atoms with Crippen molar-refractivity contribution in [3.05, 3.63) is 12.7 Å². The Morgan fingerprint density at radius 3 is 2.30 bits per heavy atom. The zero-order chi connectivity index (χ0) is 8.41. The number of carboxylic acids is 1. The molecule has 0 bridgehead atoms. The van der Waals surface area contributed by atoms with Crippen LogP contribution in [0.25, 0.3) is 0 Å². The smallest absolute Gasteiger partial charge is 0.327 e. The standard InChI is InChI=1S/C3H10N2.C3H4O2/c1-2-3-5-4;1-2-3(4)5/h5H,2-4H2,1H3;2H,1H2,(H,4,5). The summed E-state index contributed by atoms with van der Waals surface area (Å²) in [6.45, 7) is 5.95. The van der Waals surface area contributed by atoms with Crippen LogP contribution in [0, 0.1) is 0 Å². The first-order valence-electron chi connectivity index (χ1n) is 2.97. The van der Waals surface area contributed by atoms with Gasteiger partial charge in [-0.05, 0) is 6.42 Å². The number of carbonyl (C=O) groups is 1. The van der Waals surface area contributed by atoms with Crippen molar-refractivity contribution in [2.75, 3.05) is 6.54 Å². The molecule has 0 atom stereocenters. The van der Waals surface area contributed by atoms with Crippen LogP contribution >= 0.6 is 0 Å². The molecular formula is C6H14N2O2. The van der Waals surface area contributed by atoms with Gasteiger partial charge < -0.3 is 5.11 Å². The third-order valence-electron chi connectivity index (χ3n) is 0.569. The summed E-state index contributed by atoms with van der Waals surface area (Å²) in [4.78, 5) is 9.25. The number of hydrogen-bond donors (Lipinski definition) is 3. The van der Waals surface area contributed by atoms with E-state index in [1.807, 2.05) is 0 Å². The zero-order valence-electron chi connectivity index (χ0n) is 6.13. The van der Waals surface area contributed by atoms with Crippen LogP contribution in [0.2, 0.25) is 0 Å². The molecule has 0 aromatic rings. The minimum Gasteiger partial charge on any atom is -0.478 e. The third-order valence-corrected chi connectivity index (χ3v) is 0.569. The lowest BCUT2D eigenvalue weighted by Crippen LogP contribution is -2.21. The molecule has 0 aromatic carbocycles. The molecule has 10 heavy (non-hydrogen) atoms. The fourth-order valence-corrected chi connectivity index (χ4v) is 0.144. The molecule has 0 spiro atoms.